The zero-order valence-electron chi connectivity index (χ0n) is 12.4. The molecule has 7 nitrogen and oxygen atoms in total. The van der Waals surface area contributed by atoms with Crippen LogP contribution in [0.5, 0.6) is 0 Å². The highest BCUT2D eigenvalue weighted by Gasteiger charge is 2.33. The molecular weight excluding hydrogens is 320 g/mol. The van der Waals surface area contributed by atoms with E-state index in [1.165, 1.54) is 16.4 Å². The summed E-state index contributed by atoms with van der Waals surface area (Å²) in [5.41, 5.74) is -0.169. The van der Waals surface area contributed by atoms with Gasteiger partial charge in [-0.25, -0.2) is 8.42 Å². The maximum Gasteiger partial charge on any atom is 0.269 e. The number of benzene rings is 1. The van der Waals surface area contributed by atoms with E-state index in [9.17, 15) is 23.6 Å². The SMILES string of the molecule is C=CCCN([C@@H]1C=C[C@H](O)C1)S(=O)(=O)c1ccc([N+](=O)[O-])cc1. The number of non-ortho nitro benzene ring substituents is 1. The van der Waals surface area contributed by atoms with E-state index in [0.29, 0.717) is 12.8 Å². The molecule has 0 saturated carbocycles. The van der Waals surface area contributed by atoms with Crippen molar-refractivity contribution in [2.24, 2.45) is 0 Å². The van der Waals surface area contributed by atoms with Crippen LogP contribution in [0.1, 0.15) is 12.8 Å². The molecule has 0 amide bonds. The van der Waals surface area contributed by atoms with Gasteiger partial charge < -0.3 is 5.11 Å². The van der Waals surface area contributed by atoms with Gasteiger partial charge in [0.1, 0.15) is 0 Å². The quantitative estimate of drug-likeness (QED) is 0.464. The van der Waals surface area contributed by atoms with E-state index in [2.05, 4.69) is 6.58 Å². The molecule has 0 radical (unpaired) electrons. The van der Waals surface area contributed by atoms with Gasteiger partial charge in [-0.2, -0.15) is 4.31 Å². The smallest absolute Gasteiger partial charge is 0.269 e. The summed E-state index contributed by atoms with van der Waals surface area (Å²) in [5, 5.41) is 20.3. The first-order chi connectivity index (χ1) is 10.9. The first-order valence-electron chi connectivity index (χ1n) is 7.10. The molecule has 1 aromatic rings. The van der Waals surface area contributed by atoms with Crippen LogP contribution in [0.3, 0.4) is 0 Å². The van der Waals surface area contributed by atoms with Gasteiger partial charge in [-0.1, -0.05) is 18.2 Å². The van der Waals surface area contributed by atoms with Crippen LogP contribution in [0, 0.1) is 10.1 Å². The Labute approximate surface area is 134 Å². The molecule has 0 fully saturated rings. The van der Waals surface area contributed by atoms with Crippen molar-refractivity contribution >= 4 is 15.7 Å². The second-order valence-corrected chi connectivity index (χ2v) is 7.09. The lowest BCUT2D eigenvalue weighted by Crippen LogP contribution is -2.39. The lowest BCUT2D eigenvalue weighted by atomic mass is 10.2. The molecule has 0 aromatic heterocycles. The van der Waals surface area contributed by atoms with Gasteiger partial charge in [0, 0.05) is 24.7 Å². The second-order valence-electron chi connectivity index (χ2n) is 5.20. The van der Waals surface area contributed by atoms with Crippen molar-refractivity contribution in [2.45, 2.75) is 29.9 Å². The van der Waals surface area contributed by atoms with Gasteiger partial charge in [-0.15, -0.1) is 6.58 Å². The molecule has 124 valence electrons. The standard InChI is InChI=1S/C15H18N2O5S/c1-2-3-10-16(13-4-7-14(18)11-13)23(21,22)15-8-5-12(6-9-15)17(19)20/h2,4-9,13-14,18H,1,3,10-11H2/t13-,14+/m1/s1. The van der Waals surface area contributed by atoms with Crippen molar-refractivity contribution in [3.05, 3.63) is 59.2 Å². The van der Waals surface area contributed by atoms with Gasteiger partial charge in [-0.3, -0.25) is 10.1 Å². The van der Waals surface area contributed by atoms with Crippen molar-refractivity contribution < 1.29 is 18.4 Å². The molecule has 1 N–H and O–H groups in total. The highest BCUT2D eigenvalue weighted by atomic mass is 32.2. The van der Waals surface area contributed by atoms with Crippen molar-refractivity contribution in [2.75, 3.05) is 6.54 Å². The Kier molecular flexibility index (Phi) is 5.30. The fraction of sp³-hybridized carbons (Fsp3) is 0.333. The number of aliphatic hydroxyl groups is 1. The minimum atomic E-state index is -3.82. The van der Waals surface area contributed by atoms with Gasteiger partial charge in [0.15, 0.2) is 0 Å². The monoisotopic (exact) mass is 338 g/mol. The average Bonchev–Trinajstić information content (AvgIpc) is 2.93. The van der Waals surface area contributed by atoms with Crippen molar-refractivity contribution in [1.29, 1.82) is 0 Å². The van der Waals surface area contributed by atoms with Crippen LogP contribution >= 0.6 is 0 Å². The van der Waals surface area contributed by atoms with Crippen LogP contribution < -0.4 is 0 Å². The molecule has 2 atom stereocenters. The molecule has 0 bridgehead atoms. The van der Waals surface area contributed by atoms with Gasteiger partial charge in [0.05, 0.1) is 15.9 Å². The number of hydrogen-bond donors (Lipinski definition) is 1. The Bertz CT molecular complexity index is 712. The highest BCUT2D eigenvalue weighted by molar-refractivity contribution is 7.89. The van der Waals surface area contributed by atoms with E-state index in [1.807, 2.05) is 0 Å². The third-order valence-corrected chi connectivity index (χ3v) is 5.55. The van der Waals surface area contributed by atoms with E-state index in [4.69, 9.17) is 0 Å². The number of nitrogens with zero attached hydrogens (tertiary/aromatic N) is 2. The van der Waals surface area contributed by atoms with Crippen LogP contribution in [0.2, 0.25) is 0 Å². The molecule has 0 spiro atoms. The van der Waals surface area contributed by atoms with Crippen LogP contribution in [0.15, 0.2) is 54.0 Å². The van der Waals surface area contributed by atoms with Crippen LogP contribution in [-0.4, -0.2) is 41.4 Å². The summed E-state index contributed by atoms with van der Waals surface area (Å²) >= 11 is 0. The number of nitro groups is 1. The molecule has 0 aliphatic heterocycles. The summed E-state index contributed by atoms with van der Waals surface area (Å²) in [7, 11) is -3.82. The molecule has 0 heterocycles. The maximum atomic E-state index is 12.8. The summed E-state index contributed by atoms with van der Waals surface area (Å²) < 4.78 is 26.9. The van der Waals surface area contributed by atoms with Crippen LogP contribution in [0.25, 0.3) is 0 Å². The van der Waals surface area contributed by atoms with Gasteiger partial charge >= 0.3 is 0 Å². The molecule has 8 heteroatoms. The minimum Gasteiger partial charge on any atom is -0.389 e. The summed E-state index contributed by atoms with van der Waals surface area (Å²) in [6.45, 7) is 3.82. The number of hydrogen-bond acceptors (Lipinski definition) is 5. The normalized spacial score (nSPS) is 20.8. The predicted octanol–water partition coefficient (Wildman–Crippen LogP) is 1.85. The van der Waals surface area contributed by atoms with E-state index in [1.54, 1.807) is 18.2 Å². The predicted molar refractivity (Wildman–Crippen MR) is 85.4 cm³/mol. The Balaban J connectivity index is 2.33. The van der Waals surface area contributed by atoms with Crippen LogP contribution in [-0.2, 0) is 10.0 Å². The molecule has 1 aromatic carbocycles. The second kappa shape index (κ2) is 7.03. The molecule has 1 aliphatic rings. The summed E-state index contributed by atoms with van der Waals surface area (Å²) in [4.78, 5) is 10.1. The summed E-state index contributed by atoms with van der Waals surface area (Å²) in [5.74, 6) is 0. The molecular formula is C15H18N2O5S. The molecule has 0 saturated heterocycles. The number of aliphatic hydroxyl groups excluding tert-OH is 1. The fourth-order valence-electron chi connectivity index (χ4n) is 2.43. The molecule has 2 rings (SSSR count). The van der Waals surface area contributed by atoms with Gasteiger partial charge in [0.25, 0.3) is 5.69 Å². The number of sulfonamides is 1. The Morgan fingerprint density at radius 1 is 1.35 bits per heavy atom. The van der Waals surface area contributed by atoms with Crippen molar-refractivity contribution in [1.82, 2.24) is 4.31 Å². The Hall–Kier alpha value is -2.03. The molecule has 0 unspecified atom stereocenters. The number of nitro benzene ring substituents is 1. The van der Waals surface area contributed by atoms with E-state index in [-0.39, 0.29) is 17.1 Å². The number of rotatable bonds is 7. The van der Waals surface area contributed by atoms with E-state index >= 15 is 0 Å². The van der Waals surface area contributed by atoms with E-state index in [0.717, 1.165) is 12.1 Å². The minimum absolute atomic E-state index is 0.0121. The Morgan fingerprint density at radius 3 is 2.48 bits per heavy atom. The van der Waals surface area contributed by atoms with E-state index < -0.39 is 27.1 Å². The first-order valence-corrected chi connectivity index (χ1v) is 8.54. The topological polar surface area (TPSA) is 101 Å². The summed E-state index contributed by atoms with van der Waals surface area (Å²) in [6, 6.07) is 4.34. The third kappa shape index (κ3) is 3.84. The molecule has 1 aliphatic carbocycles. The first kappa shape index (κ1) is 17.3. The maximum absolute atomic E-state index is 12.8. The molecule has 23 heavy (non-hydrogen) atoms. The van der Waals surface area contributed by atoms with Crippen LogP contribution in [0.4, 0.5) is 5.69 Å². The highest BCUT2D eigenvalue weighted by Crippen LogP contribution is 2.26. The summed E-state index contributed by atoms with van der Waals surface area (Å²) in [6.07, 6.45) is 4.94. The fourth-order valence-corrected chi connectivity index (χ4v) is 4.04. The van der Waals surface area contributed by atoms with Crippen molar-refractivity contribution in [3.8, 4) is 0 Å². The lowest BCUT2D eigenvalue weighted by molar-refractivity contribution is -0.384. The average molecular weight is 338 g/mol. The zero-order chi connectivity index (χ0) is 17.0. The third-order valence-electron chi connectivity index (χ3n) is 3.62. The zero-order valence-corrected chi connectivity index (χ0v) is 13.2. The largest absolute Gasteiger partial charge is 0.389 e. The van der Waals surface area contributed by atoms with Crippen molar-refractivity contribution in [3.63, 3.8) is 0 Å². The lowest BCUT2D eigenvalue weighted by Gasteiger charge is -2.27. The Morgan fingerprint density at radius 2 is 2.00 bits per heavy atom. The van der Waals surface area contributed by atoms with Gasteiger partial charge in [0.2, 0.25) is 10.0 Å². The van der Waals surface area contributed by atoms with Gasteiger partial charge in [-0.05, 0) is 25.0 Å².